The highest BCUT2D eigenvalue weighted by Crippen LogP contribution is 2.45. The first-order chi connectivity index (χ1) is 11.2. The lowest BCUT2D eigenvalue weighted by molar-refractivity contribution is -0.0128. The highest BCUT2D eigenvalue weighted by atomic mass is 35.5. The fourth-order valence-electron chi connectivity index (χ4n) is 3.28. The van der Waals surface area contributed by atoms with E-state index in [4.69, 9.17) is 21.6 Å². The van der Waals surface area contributed by atoms with Crippen molar-refractivity contribution in [2.75, 3.05) is 13.6 Å². The molecule has 0 bridgehead atoms. The number of fused-ring (bicyclic) bond motifs is 1. The minimum Gasteiger partial charge on any atom is -0.361 e. The summed E-state index contributed by atoms with van der Waals surface area (Å²) in [5.74, 6) is 0. The molecule has 2 aromatic carbocycles. The highest BCUT2D eigenvalue weighted by molar-refractivity contribution is 6.30. The van der Waals surface area contributed by atoms with Crippen LogP contribution in [0.1, 0.15) is 35.1 Å². The first-order valence-corrected chi connectivity index (χ1v) is 8.15. The van der Waals surface area contributed by atoms with Crippen LogP contribution in [0.15, 0.2) is 42.5 Å². The molecule has 2 aromatic rings. The van der Waals surface area contributed by atoms with Crippen molar-refractivity contribution < 1.29 is 4.74 Å². The second-order valence-corrected chi connectivity index (χ2v) is 6.25. The Morgan fingerprint density at radius 3 is 2.74 bits per heavy atom. The lowest BCUT2D eigenvalue weighted by Gasteiger charge is -2.30. The van der Waals surface area contributed by atoms with E-state index < -0.39 is 5.60 Å². The Morgan fingerprint density at radius 1 is 1.26 bits per heavy atom. The minimum atomic E-state index is -0.454. The van der Waals surface area contributed by atoms with E-state index in [-0.39, 0.29) is 0 Å². The van der Waals surface area contributed by atoms with E-state index in [2.05, 4.69) is 11.4 Å². The molecule has 1 aliphatic rings. The van der Waals surface area contributed by atoms with E-state index in [0.717, 1.165) is 41.1 Å². The summed E-state index contributed by atoms with van der Waals surface area (Å²) in [5, 5.41) is 13.0. The summed E-state index contributed by atoms with van der Waals surface area (Å²) in [6, 6.07) is 15.9. The van der Waals surface area contributed by atoms with Gasteiger partial charge in [0.05, 0.1) is 18.2 Å². The molecule has 1 aliphatic heterocycles. The molecule has 23 heavy (non-hydrogen) atoms. The Labute approximate surface area is 141 Å². The van der Waals surface area contributed by atoms with E-state index >= 15 is 0 Å². The number of ether oxygens (including phenoxy) is 1. The van der Waals surface area contributed by atoms with Crippen LogP contribution < -0.4 is 5.32 Å². The Kier molecular flexibility index (Phi) is 4.68. The fourth-order valence-corrected chi connectivity index (χ4v) is 3.40. The molecule has 118 valence electrons. The van der Waals surface area contributed by atoms with Crippen LogP contribution in [0.25, 0.3) is 0 Å². The lowest BCUT2D eigenvalue weighted by atomic mass is 9.81. The summed E-state index contributed by atoms with van der Waals surface area (Å²) in [6.45, 7) is 1.47. The van der Waals surface area contributed by atoms with Crippen LogP contribution in [0.2, 0.25) is 5.02 Å². The number of benzene rings is 2. The summed E-state index contributed by atoms with van der Waals surface area (Å²) in [7, 11) is 1.96. The number of halogens is 1. The number of rotatable bonds is 5. The van der Waals surface area contributed by atoms with E-state index in [1.807, 2.05) is 49.5 Å². The van der Waals surface area contributed by atoms with Crippen LogP contribution in [-0.2, 0) is 16.9 Å². The van der Waals surface area contributed by atoms with Gasteiger partial charge in [-0.15, -0.1) is 0 Å². The van der Waals surface area contributed by atoms with Gasteiger partial charge in [-0.05, 0) is 67.4 Å². The molecule has 0 radical (unpaired) electrons. The minimum absolute atomic E-state index is 0.454. The van der Waals surface area contributed by atoms with E-state index in [0.29, 0.717) is 12.2 Å². The lowest BCUT2D eigenvalue weighted by Crippen LogP contribution is -2.28. The second kappa shape index (κ2) is 6.72. The third-order valence-corrected chi connectivity index (χ3v) is 4.66. The van der Waals surface area contributed by atoms with E-state index in [1.54, 1.807) is 0 Å². The van der Waals surface area contributed by atoms with Crippen molar-refractivity contribution in [3.05, 3.63) is 69.7 Å². The van der Waals surface area contributed by atoms with Gasteiger partial charge in [-0.3, -0.25) is 0 Å². The monoisotopic (exact) mass is 326 g/mol. The van der Waals surface area contributed by atoms with Crippen molar-refractivity contribution in [1.82, 2.24) is 5.32 Å². The molecule has 1 heterocycles. The van der Waals surface area contributed by atoms with Gasteiger partial charge in [0.25, 0.3) is 0 Å². The van der Waals surface area contributed by atoms with Crippen molar-refractivity contribution in [2.24, 2.45) is 0 Å². The van der Waals surface area contributed by atoms with Crippen molar-refractivity contribution in [3.63, 3.8) is 0 Å². The molecule has 3 nitrogen and oxygen atoms in total. The van der Waals surface area contributed by atoms with E-state index in [9.17, 15) is 0 Å². The van der Waals surface area contributed by atoms with Gasteiger partial charge in [-0.2, -0.15) is 5.26 Å². The summed E-state index contributed by atoms with van der Waals surface area (Å²) in [5.41, 5.74) is 3.60. The van der Waals surface area contributed by atoms with Gasteiger partial charge in [0, 0.05) is 5.02 Å². The molecule has 0 fully saturated rings. The Hall–Kier alpha value is -1.86. The first-order valence-electron chi connectivity index (χ1n) is 7.78. The van der Waals surface area contributed by atoms with Crippen molar-refractivity contribution in [3.8, 4) is 6.07 Å². The maximum atomic E-state index is 9.11. The molecule has 3 rings (SSSR count). The predicted octanol–water partition coefficient (Wildman–Crippen LogP) is 3.99. The topological polar surface area (TPSA) is 45.0 Å². The number of nitriles is 1. The van der Waals surface area contributed by atoms with Crippen LogP contribution in [0.3, 0.4) is 0 Å². The molecule has 0 spiro atoms. The Bertz CT molecular complexity index is 736. The predicted molar refractivity (Wildman–Crippen MR) is 91.3 cm³/mol. The van der Waals surface area contributed by atoms with Crippen LogP contribution >= 0.6 is 11.6 Å². The molecule has 1 N–H and O–H groups in total. The maximum absolute atomic E-state index is 9.11. The second-order valence-electron chi connectivity index (χ2n) is 5.81. The van der Waals surface area contributed by atoms with Gasteiger partial charge in [0.2, 0.25) is 0 Å². The quantitative estimate of drug-likeness (QED) is 0.845. The zero-order valence-corrected chi connectivity index (χ0v) is 13.9. The molecule has 4 heteroatoms. The molecule has 0 saturated heterocycles. The Balaban J connectivity index is 2.05. The average molecular weight is 327 g/mol. The largest absolute Gasteiger partial charge is 0.361 e. The number of nitrogens with one attached hydrogen (secondary N) is 1. The van der Waals surface area contributed by atoms with Gasteiger partial charge in [-0.1, -0.05) is 29.8 Å². The zero-order chi connectivity index (χ0) is 16.3. The number of hydrogen-bond donors (Lipinski definition) is 1. The zero-order valence-electron chi connectivity index (χ0n) is 13.1. The highest BCUT2D eigenvalue weighted by Gasteiger charge is 2.41. The summed E-state index contributed by atoms with van der Waals surface area (Å²) in [6.07, 6.45) is 1.88. The van der Waals surface area contributed by atoms with Crippen LogP contribution in [0, 0.1) is 11.3 Å². The molecule has 1 unspecified atom stereocenters. The van der Waals surface area contributed by atoms with Gasteiger partial charge < -0.3 is 10.1 Å². The molecule has 0 amide bonds. The standard InChI is InChI=1S/C19H19ClN2O/c1-22-10-2-9-19(16-4-6-17(20)7-5-16)18-8-3-14(12-21)11-15(18)13-23-19/h3-8,11,22H,2,9-10,13H2,1H3. The summed E-state index contributed by atoms with van der Waals surface area (Å²) < 4.78 is 6.30. The van der Waals surface area contributed by atoms with Crippen LogP contribution in [-0.4, -0.2) is 13.6 Å². The van der Waals surface area contributed by atoms with Crippen molar-refractivity contribution in [2.45, 2.75) is 25.0 Å². The molecule has 0 aromatic heterocycles. The maximum Gasteiger partial charge on any atom is 0.119 e. The fraction of sp³-hybridized carbons (Fsp3) is 0.316. The first kappa shape index (κ1) is 16.0. The van der Waals surface area contributed by atoms with Gasteiger partial charge in [0.15, 0.2) is 0 Å². The molecule has 0 saturated carbocycles. The number of hydrogen-bond acceptors (Lipinski definition) is 3. The normalized spacial score (nSPS) is 19.3. The third kappa shape index (κ3) is 2.98. The third-order valence-electron chi connectivity index (χ3n) is 4.41. The summed E-state index contributed by atoms with van der Waals surface area (Å²) in [4.78, 5) is 0. The van der Waals surface area contributed by atoms with Gasteiger partial charge in [0.1, 0.15) is 5.60 Å². The summed E-state index contributed by atoms with van der Waals surface area (Å²) >= 11 is 6.04. The van der Waals surface area contributed by atoms with Crippen molar-refractivity contribution >= 4 is 11.6 Å². The molecular weight excluding hydrogens is 308 g/mol. The van der Waals surface area contributed by atoms with Gasteiger partial charge in [-0.25, -0.2) is 0 Å². The molecular formula is C19H19ClN2O. The molecule has 1 atom stereocenters. The smallest absolute Gasteiger partial charge is 0.119 e. The Morgan fingerprint density at radius 2 is 2.04 bits per heavy atom. The van der Waals surface area contributed by atoms with Crippen LogP contribution in [0.4, 0.5) is 0 Å². The number of nitrogens with zero attached hydrogens (tertiary/aromatic N) is 1. The van der Waals surface area contributed by atoms with Crippen LogP contribution in [0.5, 0.6) is 0 Å². The SMILES string of the molecule is CNCCCC1(c2ccc(Cl)cc2)OCc2cc(C#N)ccc21. The molecule has 0 aliphatic carbocycles. The van der Waals surface area contributed by atoms with E-state index in [1.165, 1.54) is 0 Å². The van der Waals surface area contributed by atoms with Gasteiger partial charge >= 0.3 is 0 Å². The average Bonchev–Trinajstić information content (AvgIpc) is 2.95. The van der Waals surface area contributed by atoms with Crippen molar-refractivity contribution in [1.29, 1.82) is 5.26 Å².